The van der Waals surface area contributed by atoms with Gasteiger partial charge >= 0.3 is 6.72 Å². The van der Waals surface area contributed by atoms with Crippen LogP contribution < -0.4 is 5.73 Å². The molecule has 3 heterocycles. The molecule has 1 fully saturated rings. The monoisotopic (exact) mass is 495 g/mol. The van der Waals surface area contributed by atoms with Crippen molar-refractivity contribution in [1.82, 2.24) is 19.5 Å². The molecule has 0 aliphatic carbocycles. The fourth-order valence-electron chi connectivity index (χ4n) is 2.91. The predicted molar refractivity (Wildman–Crippen MR) is 128 cm³/mol. The Balaban J connectivity index is 0.00000113. The van der Waals surface area contributed by atoms with E-state index in [4.69, 9.17) is 48.3 Å². The second-order valence-electron chi connectivity index (χ2n) is 6.31. The van der Waals surface area contributed by atoms with Crippen LogP contribution in [0.15, 0.2) is 6.33 Å². The SMILES string of the molecule is CC.CC.COP(O)(=S)OC[C@H]1O[C@@H](n2cnc3c(=S)nc(N)[nH]c32)C[C@@H]1OC(C)C. The first-order valence-electron chi connectivity index (χ1n) is 10.3. The molecular weight excluding hydrogens is 461 g/mol. The molecule has 0 radical (unpaired) electrons. The molecular formula is C18H34N5O5PS2. The Labute approximate surface area is 193 Å². The fourth-order valence-corrected chi connectivity index (χ4v) is 3.78. The van der Waals surface area contributed by atoms with Gasteiger partial charge in [-0.2, -0.15) is 0 Å². The van der Waals surface area contributed by atoms with E-state index < -0.39 is 12.8 Å². The molecule has 2 aromatic heterocycles. The maximum atomic E-state index is 9.84. The zero-order chi connectivity index (χ0) is 23.8. The number of imidazole rings is 1. The summed E-state index contributed by atoms with van der Waals surface area (Å²) in [7, 11) is 1.31. The number of hydrogen-bond acceptors (Lipinski definition) is 9. The summed E-state index contributed by atoms with van der Waals surface area (Å²) in [6.45, 7) is 8.63. The Morgan fingerprint density at radius 2 is 2.03 bits per heavy atom. The van der Waals surface area contributed by atoms with Gasteiger partial charge < -0.3 is 34.1 Å². The van der Waals surface area contributed by atoms with Gasteiger partial charge in [-0.05, 0) is 25.7 Å². The molecule has 0 aromatic carbocycles. The molecule has 31 heavy (non-hydrogen) atoms. The molecule has 3 rings (SSSR count). The molecule has 1 aliphatic heterocycles. The van der Waals surface area contributed by atoms with Crippen LogP contribution in [-0.2, 0) is 30.3 Å². The molecule has 4 N–H and O–H groups in total. The lowest BCUT2D eigenvalue weighted by Gasteiger charge is -2.22. The van der Waals surface area contributed by atoms with E-state index in [2.05, 4.69) is 15.0 Å². The van der Waals surface area contributed by atoms with E-state index in [-0.39, 0.29) is 31.0 Å². The van der Waals surface area contributed by atoms with Gasteiger partial charge in [-0.25, -0.2) is 9.97 Å². The van der Waals surface area contributed by atoms with Crippen molar-refractivity contribution in [3.8, 4) is 0 Å². The number of nitrogen functional groups attached to an aromatic ring is 1. The second kappa shape index (κ2) is 12.9. The second-order valence-corrected chi connectivity index (χ2v) is 9.64. The van der Waals surface area contributed by atoms with Crippen LogP contribution in [0.25, 0.3) is 11.2 Å². The lowest BCUT2D eigenvalue weighted by Crippen LogP contribution is -2.30. The number of hydrogen-bond donors (Lipinski definition) is 3. The Hall–Kier alpha value is -0.980. The van der Waals surface area contributed by atoms with Crippen molar-refractivity contribution < 1.29 is 23.4 Å². The number of ether oxygens (including phenoxy) is 2. The predicted octanol–water partition coefficient (Wildman–Crippen LogP) is 4.08. The number of aromatic nitrogens is 4. The third-order valence-corrected chi connectivity index (χ3v) is 6.02. The van der Waals surface area contributed by atoms with Gasteiger partial charge in [0.2, 0.25) is 0 Å². The smallest absolute Gasteiger partial charge is 0.324 e. The summed E-state index contributed by atoms with van der Waals surface area (Å²) < 4.78 is 24.3. The van der Waals surface area contributed by atoms with Gasteiger partial charge in [-0.1, -0.05) is 39.9 Å². The summed E-state index contributed by atoms with van der Waals surface area (Å²) in [6, 6.07) is 0. The van der Waals surface area contributed by atoms with Crippen molar-refractivity contribution >= 4 is 47.9 Å². The van der Waals surface area contributed by atoms with Crippen LogP contribution >= 0.6 is 18.9 Å². The largest absolute Gasteiger partial charge is 0.373 e. The average Bonchev–Trinajstić information content (AvgIpc) is 3.33. The minimum absolute atomic E-state index is 0.00959. The van der Waals surface area contributed by atoms with E-state index in [1.807, 2.05) is 41.5 Å². The normalized spacial score (nSPS) is 22.4. The number of nitrogens with two attached hydrogens (primary N) is 1. The lowest BCUT2D eigenvalue weighted by atomic mass is 10.2. The Bertz CT molecular complexity index is 922. The number of nitrogens with zero attached hydrogens (tertiary/aromatic N) is 3. The first-order valence-corrected chi connectivity index (χ1v) is 13.3. The van der Waals surface area contributed by atoms with Crippen LogP contribution in [-0.4, -0.2) is 56.4 Å². The highest BCUT2D eigenvalue weighted by Crippen LogP contribution is 2.44. The van der Waals surface area contributed by atoms with Gasteiger partial charge in [0.15, 0.2) is 10.6 Å². The first-order chi connectivity index (χ1) is 14.7. The summed E-state index contributed by atoms with van der Waals surface area (Å²) in [6.07, 6.45) is 1.05. The fraction of sp³-hybridized carbons (Fsp3) is 0.722. The number of nitrogens with one attached hydrogen (secondary N) is 1. The zero-order valence-corrected chi connectivity index (χ0v) is 21.6. The average molecular weight is 496 g/mol. The molecule has 0 spiro atoms. The standard InChI is InChI=1S/C14H22N5O5PS2.2C2H6/c1-7(2)23-8-4-10(24-9(8)5-22-25(20,27)21-3)19-6-16-11-12(19)17-14(15)18-13(11)26;2*1-2/h6-10H,4-5H2,1-3H3,(H,20,27)(H3,15,17,18,26);2*1-2H3/t8-,9+,10+,25?;;/m0../s1. The molecule has 1 saturated heterocycles. The topological polar surface area (TPSA) is 130 Å². The molecule has 0 bridgehead atoms. The van der Waals surface area contributed by atoms with Crippen molar-refractivity contribution in [2.45, 2.75) is 72.5 Å². The lowest BCUT2D eigenvalue weighted by molar-refractivity contribution is -0.0712. The zero-order valence-electron chi connectivity index (χ0n) is 19.1. The Kier molecular flexibility index (Phi) is 11.7. The minimum atomic E-state index is -3.28. The third kappa shape index (κ3) is 7.54. The van der Waals surface area contributed by atoms with Crippen molar-refractivity contribution in [3.63, 3.8) is 0 Å². The van der Waals surface area contributed by atoms with Crippen LogP contribution in [0.5, 0.6) is 0 Å². The van der Waals surface area contributed by atoms with Crippen LogP contribution in [0.3, 0.4) is 0 Å². The summed E-state index contributed by atoms with van der Waals surface area (Å²) in [5.74, 6) is 0.197. The molecule has 1 unspecified atom stereocenters. The number of aromatic amines is 1. The number of anilines is 1. The maximum Gasteiger partial charge on any atom is 0.324 e. The first kappa shape index (κ1) is 28.1. The number of fused-ring (bicyclic) bond motifs is 1. The van der Waals surface area contributed by atoms with Crippen molar-refractivity contribution in [2.24, 2.45) is 0 Å². The summed E-state index contributed by atoms with van der Waals surface area (Å²) >= 11 is 10.1. The molecule has 0 amide bonds. The summed E-state index contributed by atoms with van der Waals surface area (Å²) in [5, 5.41) is 0. The third-order valence-electron chi connectivity index (χ3n) is 4.04. The highest BCUT2D eigenvalue weighted by molar-refractivity contribution is 8.07. The van der Waals surface area contributed by atoms with Gasteiger partial charge in [0.25, 0.3) is 0 Å². The van der Waals surface area contributed by atoms with Crippen molar-refractivity contribution in [2.75, 3.05) is 19.5 Å². The van der Waals surface area contributed by atoms with Crippen molar-refractivity contribution in [3.05, 3.63) is 11.0 Å². The summed E-state index contributed by atoms with van der Waals surface area (Å²) in [4.78, 5) is 21.1. The maximum absolute atomic E-state index is 9.84. The van der Waals surface area contributed by atoms with Gasteiger partial charge in [0.05, 0.1) is 25.1 Å². The number of H-pyrrole nitrogens is 1. The van der Waals surface area contributed by atoms with E-state index in [1.54, 1.807) is 10.9 Å². The molecule has 178 valence electrons. The van der Waals surface area contributed by atoms with E-state index in [9.17, 15) is 4.89 Å². The molecule has 4 atom stereocenters. The van der Waals surface area contributed by atoms with Crippen LogP contribution in [0, 0.1) is 4.64 Å². The van der Waals surface area contributed by atoms with E-state index in [0.29, 0.717) is 22.2 Å². The number of rotatable bonds is 7. The minimum Gasteiger partial charge on any atom is -0.373 e. The quantitative estimate of drug-likeness (QED) is 0.381. The summed E-state index contributed by atoms with van der Waals surface area (Å²) in [5.41, 5.74) is 6.93. The molecule has 13 heteroatoms. The van der Waals surface area contributed by atoms with Crippen LogP contribution in [0.4, 0.5) is 5.95 Å². The Morgan fingerprint density at radius 1 is 1.39 bits per heavy atom. The van der Waals surface area contributed by atoms with Crippen molar-refractivity contribution in [1.29, 1.82) is 0 Å². The molecule has 0 saturated carbocycles. The van der Waals surface area contributed by atoms with E-state index in [1.165, 1.54) is 7.11 Å². The van der Waals surface area contributed by atoms with Crippen LogP contribution in [0.1, 0.15) is 54.2 Å². The van der Waals surface area contributed by atoms with Gasteiger partial charge in [-0.15, -0.1) is 0 Å². The molecule has 10 nitrogen and oxygen atoms in total. The Morgan fingerprint density at radius 3 is 2.61 bits per heavy atom. The van der Waals surface area contributed by atoms with E-state index in [0.717, 1.165) is 0 Å². The van der Waals surface area contributed by atoms with Gasteiger partial charge in [0, 0.05) is 13.5 Å². The molecule has 2 aromatic rings. The highest BCUT2D eigenvalue weighted by atomic mass is 32.5. The molecule has 1 aliphatic rings. The van der Waals surface area contributed by atoms with E-state index >= 15 is 0 Å². The highest BCUT2D eigenvalue weighted by Gasteiger charge is 2.39. The van der Waals surface area contributed by atoms with Crippen LogP contribution in [0.2, 0.25) is 0 Å². The van der Waals surface area contributed by atoms with Gasteiger partial charge in [-0.3, -0.25) is 4.57 Å². The van der Waals surface area contributed by atoms with Gasteiger partial charge in [0.1, 0.15) is 23.5 Å².